The molecule has 0 spiro atoms. The first kappa shape index (κ1) is 18.2. The molecule has 0 saturated carbocycles. The van der Waals surface area contributed by atoms with Crippen LogP contribution in [-0.4, -0.2) is 5.78 Å². The van der Waals surface area contributed by atoms with E-state index in [1.165, 1.54) is 20.9 Å². The van der Waals surface area contributed by atoms with E-state index in [2.05, 4.69) is 73.0 Å². The lowest BCUT2D eigenvalue weighted by atomic mass is 9.79. The van der Waals surface area contributed by atoms with Crippen LogP contribution < -0.4 is 10.6 Å². The number of Topliss-reactive ketones (excluding diaryl/α,β-unsaturated/α-hetero) is 1. The van der Waals surface area contributed by atoms with Gasteiger partial charge in [0.1, 0.15) is 0 Å². The number of benzene rings is 2. The van der Waals surface area contributed by atoms with Gasteiger partial charge in [0.05, 0.1) is 17.4 Å². The summed E-state index contributed by atoms with van der Waals surface area (Å²) in [7, 11) is 0. The molecule has 3 aromatic rings. The molecule has 2 N–H and O–H groups in total. The van der Waals surface area contributed by atoms with E-state index >= 15 is 0 Å². The zero-order valence-electron chi connectivity index (χ0n) is 16.7. The fourth-order valence-electron chi connectivity index (χ4n) is 4.39. The van der Waals surface area contributed by atoms with Gasteiger partial charge in [0.15, 0.2) is 5.78 Å². The average molecular weight is 401 g/mol. The van der Waals surface area contributed by atoms with Crippen molar-refractivity contribution in [3.8, 4) is 0 Å². The number of allylic oxidation sites excluding steroid dienone is 1. The van der Waals surface area contributed by atoms with Crippen LogP contribution in [0.2, 0.25) is 0 Å². The number of rotatable bonds is 2. The Morgan fingerprint density at radius 1 is 0.897 bits per heavy atom. The molecule has 2 heterocycles. The second kappa shape index (κ2) is 7.20. The summed E-state index contributed by atoms with van der Waals surface area (Å²) in [5, 5.41) is 7.26. The van der Waals surface area contributed by atoms with Gasteiger partial charge in [-0.1, -0.05) is 42.0 Å². The van der Waals surface area contributed by atoms with Crippen molar-refractivity contribution in [2.24, 2.45) is 0 Å². The van der Waals surface area contributed by atoms with Crippen LogP contribution in [0, 0.1) is 13.8 Å². The SMILES string of the molecule is Cc1ccc([C@H]2CC(=O)C3=C(C2)Nc2ccccc2N[C@@H]3c2ccc(C)s2)cc1. The molecule has 0 bridgehead atoms. The Kier molecular flexibility index (Phi) is 4.51. The minimum atomic E-state index is -0.105. The predicted octanol–water partition coefficient (Wildman–Crippen LogP) is 6.34. The number of hydrogen-bond acceptors (Lipinski definition) is 4. The Morgan fingerprint density at radius 3 is 2.38 bits per heavy atom. The number of carbonyl (C=O) groups is 1. The number of nitrogens with one attached hydrogen (secondary N) is 2. The average Bonchev–Trinajstić information content (AvgIpc) is 3.06. The molecular formula is C25H24N2OS. The van der Waals surface area contributed by atoms with Crippen LogP contribution >= 0.6 is 11.3 Å². The van der Waals surface area contributed by atoms with E-state index < -0.39 is 0 Å². The van der Waals surface area contributed by atoms with E-state index in [0.717, 1.165) is 29.1 Å². The van der Waals surface area contributed by atoms with Crippen molar-refractivity contribution < 1.29 is 4.79 Å². The van der Waals surface area contributed by atoms with Crippen molar-refractivity contribution in [1.82, 2.24) is 0 Å². The minimum absolute atomic E-state index is 0.105. The lowest BCUT2D eigenvalue weighted by molar-refractivity contribution is -0.116. The quantitative estimate of drug-likeness (QED) is 0.527. The van der Waals surface area contributed by atoms with Crippen LogP contribution in [-0.2, 0) is 4.79 Å². The van der Waals surface area contributed by atoms with E-state index in [9.17, 15) is 4.79 Å². The third kappa shape index (κ3) is 3.38. The highest BCUT2D eigenvalue weighted by Crippen LogP contribution is 2.45. The van der Waals surface area contributed by atoms with E-state index in [1.54, 1.807) is 11.3 Å². The maximum absolute atomic E-state index is 13.4. The number of para-hydroxylation sites is 2. The van der Waals surface area contributed by atoms with Gasteiger partial charge in [0.2, 0.25) is 0 Å². The monoisotopic (exact) mass is 400 g/mol. The zero-order valence-corrected chi connectivity index (χ0v) is 17.5. The van der Waals surface area contributed by atoms with Gasteiger partial charge in [-0.3, -0.25) is 4.79 Å². The maximum Gasteiger partial charge on any atom is 0.163 e. The van der Waals surface area contributed by atoms with Gasteiger partial charge in [-0.15, -0.1) is 11.3 Å². The summed E-state index contributed by atoms with van der Waals surface area (Å²) in [5.41, 5.74) is 6.51. The Bertz CT molecular complexity index is 1110. The molecule has 4 heteroatoms. The molecule has 0 fully saturated rings. The smallest absolute Gasteiger partial charge is 0.163 e. The summed E-state index contributed by atoms with van der Waals surface area (Å²) in [6.07, 6.45) is 1.41. The van der Waals surface area contributed by atoms with Crippen molar-refractivity contribution >= 4 is 28.5 Å². The molecule has 146 valence electrons. The van der Waals surface area contributed by atoms with Crippen LogP contribution in [0.1, 0.15) is 45.7 Å². The summed E-state index contributed by atoms with van der Waals surface area (Å²) >= 11 is 1.76. The maximum atomic E-state index is 13.4. The van der Waals surface area contributed by atoms with Gasteiger partial charge >= 0.3 is 0 Å². The highest BCUT2D eigenvalue weighted by atomic mass is 32.1. The van der Waals surface area contributed by atoms with Crippen LogP contribution in [0.25, 0.3) is 0 Å². The molecule has 0 amide bonds. The molecule has 1 aliphatic heterocycles. The largest absolute Gasteiger partial charge is 0.372 e. The van der Waals surface area contributed by atoms with E-state index in [0.29, 0.717) is 6.42 Å². The molecule has 2 aromatic carbocycles. The fraction of sp³-hybridized carbons (Fsp3) is 0.240. The van der Waals surface area contributed by atoms with Crippen molar-refractivity contribution in [3.63, 3.8) is 0 Å². The minimum Gasteiger partial charge on any atom is -0.372 e. The molecule has 29 heavy (non-hydrogen) atoms. The lowest BCUT2D eigenvalue weighted by Crippen LogP contribution is -2.26. The molecule has 0 radical (unpaired) electrons. The second-order valence-electron chi connectivity index (χ2n) is 8.03. The Morgan fingerprint density at radius 2 is 1.66 bits per heavy atom. The highest BCUT2D eigenvalue weighted by Gasteiger charge is 2.36. The third-order valence-corrected chi connectivity index (χ3v) is 6.97. The number of thiophene rings is 1. The Hall–Kier alpha value is -2.85. The number of aryl methyl sites for hydroxylation is 2. The fourth-order valence-corrected chi connectivity index (χ4v) is 5.33. The van der Waals surface area contributed by atoms with Crippen molar-refractivity contribution in [2.75, 3.05) is 10.6 Å². The molecule has 3 nitrogen and oxygen atoms in total. The molecule has 1 aliphatic carbocycles. The van der Waals surface area contributed by atoms with Gasteiger partial charge in [0.25, 0.3) is 0 Å². The molecular weight excluding hydrogens is 376 g/mol. The van der Waals surface area contributed by atoms with Crippen molar-refractivity contribution in [3.05, 3.63) is 92.8 Å². The first-order chi connectivity index (χ1) is 14.1. The third-order valence-electron chi connectivity index (χ3n) is 5.90. The normalized spacial score (nSPS) is 21.0. The van der Waals surface area contributed by atoms with Gasteiger partial charge in [0, 0.05) is 27.4 Å². The second-order valence-corrected chi connectivity index (χ2v) is 9.35. The molecule has 2 atom stereocenters. The van der Waals surface area contributed by atoms with Crippen LogP contribution in [0.5, 0.6) is 0 Å². The molecule has 0 unspecified atom stereocenters. The lowest BCUT2D eigenvalue weighted by Gasteiger charge is -2.29. The van der Waals surface area contributed by atoms with Gasteiger partial charge < -0.3 is 10.6 Å². The Labute approximate surface area is 175 Å². The van der Waals surface area contributed by atoms with E-state index in [-0.39, 0.29) is 17.7 Å². The number of ketones is 1. The first-order valence-corrected chi connectivity index (χ1v) is 10.9. The summed E-state index contributed by atoms with van der Waals surface area (Å²) in [6.45, 7) is 4.21. The van der Waals surface area contributed by atoms with Crippen LogP contribution in [0.3, 0.4) is 0 Å². The van der Waals surface area contributed by atoms with Gasteiger partial charge in [-0.05, 0) is 56.0 Å². The number of fused-ring (bicyclic) bond motifs is 1. The topological polar surface area (TPSA) is 41.1 Å². The summed E-state index contributed by atoms with van der Waals surface area (Å²) < 4.78 is 0. The predicted molar refractivity (Wildman–Crippen MR) is 121 cm³/mol. The standard InChI is InChI=1S/C25H24N2OS/c1-15-7-10-17(11-8-15)18-13-21-24(22(28)14-18)25(23-12-9-16(2)29-23)27-20-6-4-3-5-19(20)26-21/h3-12,18,25-27H,13-14H2,1-2H3/t18-,25-/m1/s1. The van der Waals surface area contributed by atoms with Crippen LogP contribution in [0.15, 0.2) is 71.9 Å². The number of carbonyl (C=O) groups excluding carboxylic acids is 1. The Balaban J connectivity index is 1.60. The highest BCUT2D eigenvalue weighted by molar-refractivity contribution is 7.12. The summed E-state index contributed by atoms with van der Waals surface area (Å²) in [4.78, 5) is 15.9. The van der Waals surface area contributed by atoms with Crippen LogP contribution in [0.4, 0.5) is 11.4 Å². The van der Waals surface area contributed by atoms with Crippen molar-refractivity contribution in [2.45, 2.75) is 38.6 Å². The number of hydrogen-bond donors (Lipinski definition) is 2. The summed E-state index contributed by atoms with van der Waals surface area (Å²) in [5.74, 6) is 0.450. The number of anilines is 2. The molecule has 0 saturated heterocycles. The van der Waals surface area contributed by atoms with Crippen molar-refractivity contribution in [1.29, 1.82) is 0 Å². The van der Waals surface area contributed by atoms with Gasteiger partial charge in [-0.2, -0.15) is 0 Å². The van der Waals surface area contributed by atoms with Gasteiger partial charge in [-0.25, -0.2) is 0 Å². The molecule has 1 aromatic heterocycles. The van der Waals surface area contributed by atoms with E-state index in [4.69, 9.17) is 0 Å². The first-order valence-electron chi connectivity index (χ1n) is 10.1. The molecule has 5 rings (SSSR count). The summed E-state index contributed by atoms with van der Waals surface area (Å²) in [6, 6.07) is 21.0. The zero-order chi connectivity index (χ0) is 20.0. The molecule has 2 aliphatic rings. The van der Waals surface area contributed by atoms with E-state index in [1.807, 2.05) is 12.1 Å².